The Morgan fingerprint density at radius 2 is 1.96 bits per heavy atom. The molecule has 0 atom stereocenters. The van der Waals surface area contributed by atoms with Crippen LogP contribution in [0.4, 0.5) is 0 Å². The highest BCUT2D eigenvalue weighted by Gasteiger charge is 2.19. The number of aromatic amines is 1. The lowest BCUT2D eigenvalue weighted by molar-refractivity contribution is 0.198. The molecule has 2 heterocycles. The normalized spacial score (nSPS) is 12.1. The Morgan fingerprint density at radius 1 is 1.30 bits per heavy atom. The standard InChI is InChI=1S/C15H23N5O3/c1-9-11(13(21)17-14(22)20(9)6)12-16-10(23-18-12)7-19(5)8-15(2,3)4/h7-8H2,1-6H3,(H,17,21,22). The van der Waals surface area contributed by atoms with Crippen LogP contribution in [0.25, 0.3) is 11.4 Å². The molecule has 0 aliphatic carbocycles. The Labute approximate surface area is 134 Å². The largest absolute Gasteiger partial charge is 0.338 e. The second-order valence-electron chi connectivity index (χ2n) is 7.02. The van der Waals surface area contributed by atoms with Gasteiger partial charge < -0.3 is 9.09 Å². The number of hydrogen-bond donors (Lipinski definition) is 1. The fourth-order valence-electron chi connectivity index (χ4n) is 2.51. The number of nitrogens with zero attached hydrogens (tertiary/aromatic N) is 4. The van der Waals surface area contributed by atoms with Gasteiger partial charge in [-0.15, -0.1) is 0 Å². The summed E-state index contributed by atoms with van der Waals surface area (Å²) in [6.07, 6.45) is 0. The van der Waals surface area contributed by atoms with Crippen LogP contribution in [0.3, 0.4) is 0 Å². The highest BCUT2D eigenvalue weighted by Crippen LogP contribution is 2.17. The first-order valence-electron chi connectivity index (χ1n) is 7.40. The van der Waals surface area contributed by atoms with Crippen molar-refractivity contribution in [1.29, 1.82) is 0 Å². The summed E-state index contributed by atoms with van der Waals surface area (Å²) in [6, 6.07) is 0. The van der Waals surface area contributed by atoms with Gasteiger partial charge in [0.05, 0.1) is 6.54 Å². The minimum absolute atomic E-state index is 0.156. The van der Waals surface area contributed by atoms with Gasteiger partial charge in [-0.05, 0) is 19.4 Å². The number of nitrogens with one attached hydrogen (secondary N) is 1. The maximum atomic E-state index is 12.0. The highest BCUT2D eigenvalue weighted by molar-refractivity contribution is 5.55. The Balaban J connectivity index is 2.29. The highest BCUT2D eigenvalue weighted by atomic mass is 16.5. The second kappa shape index (κ2) is 6.11. The van der Waals surface area contributed by atoms with Gasteiger partial charge >= 0.3 is 5.69 Å². The van der Waals surface area contributed by atoms with Crippen LogP contribution >= 0.6 is 0 Å². The Bertz CT molecular complexity index is 810. The first kappa shape index (κ1) is 17.1. The molecule has 0 aliphatic rings. The third kappa shape index (κ3) is 3.95. The van der Waals surface area contributed by atoms with Crippen molar-refractivity contribution in [3.05, 3.63) is 32.4 Å². The van der Waals surface area contributed by atoms with Crippen molar-refractivity contribution >= 4 is 0 Å². The van der Waals surface area contributed by atoms with Crippen LogP contribution in [0, 0.1) is 12.3 Å². The van der Waals surface area contributed by atoms with Gasteiger partial charge in [-0.3, -0.25) is 14.7 Å². The van der Waals surface area contributed by atoms with Crippen LogP contribution < -0.4 is 11.2 Å². The molecule has 8 heteroatoms. The van der Waals surface area contributed by atoms with E-state index in [9.17, 15) is 9.59 Å². The summed E-state index contributed by atoms with van der Waals surface area (Å²) in [7, 11) is 3.55. The number of hydrogen-bond acceptors (Lipinski definition) is 6. The molecule has 0 bridgehead atoms. The van der Waals surface area contributed by atoms with Crippen LogP contribution in [-0.2, 0) is 13.6 Å². The summed E-state index contributed by atoms with van der Waals surface area (Å²) < 4.78 is 6.59. The van der Waals surface area contributed by atoms with Gasteiger partial charge in [0.25, 0.3) is 5.56 Å². The zero-order valence-electron chi connectivity index (χ0n) is 14.4. The van der Waals surface area contributed by atoms with E-state index in [0.29, 0.717) is 18.1 Å². The van der Waals surface area contributed by atoms with Gasteiger partial charge in [0.15, 0.2) is 0 Å². The van der Waals surface area contributed by atoms with E-state index in [1.54, 1.807) is 14.0 Å². The molecule has 0 aliphatic heterocycles. The Hall–Kier alpha value is -2.22. The van der Waals surface area contributed by atoms with Crippen molar-refractivity contribution in [2.45, 2.75) is 34.2 Å². The van der Waals surface area contributed by atoms with E-state index in [-0.39, 0.29) is 16.8 Å². The van der Waals surface area contributed by atoms with E-state index in [2.05, 4.69) is 40.8 Å². The predicted molar refractivity (Wildman–Crippen MR) is 86.1 cm³/mol. The van der Waals surface area contributed by atoms with E-state index >= 15 is 0 Å². The van der Waals surface area contributed by atoms with E-state index in [1.807, 2.05) is 7.05 Å². The molecule has 2 aromatic rings. The fourth-order valence-corrected chi connectivity index (χ4v) is 2.51. The molecule has 0 aromatic carbocycles. The lowest BCUT2D eigenvalue weighted by Gasteiger charge is -2.25. The van der Waals surface area contributed by atoms with E-state index in [0.717, 1.165) is 6.54 Å². The van der Waals surface area contributed by atoms with E-state index in [1.165, 1.54) is 4.57 Å². The molecular formula is C15H23N5O3. The number of H-pyrrole nitrogens is 1. The molecule has 2 rings (SSSR count). The molecule has 0 unspecified atom stereocenters. The van der Waals surface area contributed by atoms with Crippen molar-refractivity contribution in [2.75, 3.05) is 13.6 Å². The van der Waals surface area contributed by atoms with Crippen LogP contribution in [0.15, 0.2) is 14.1 Å². The first-order chi connectivity index (χ1) is 10.6. The predicted octanol–water partition coefficient (Wildman–Crippen LogP) is 0.910. The quantitative estimate of drug-likeness (QED) is 0.899. The fraction of sp³-hybridized carbons (Fsp3) is 0.600. The second-order valence-corrected chi connectivity index (χ2v) is 7.02. The van der Waals surface area contributed by atoms with Gasteiger partial charge in [0.1, 0.15) is 5.56 Å². The average Bonchev–Trinajstić information content (AvgIpc) is 2.82. The van der Waals surface area contributed by atoms with Crippen LogP contribution in [-0.4, -0.2) is 38.2 Å². The minimum atomic E-state index is -0.513. The summed E-state index contributed by atoms with van der Waals surface area (Å²) in [6.45, 7) is 9.48. The zero-order chi connectivity index (χ0) is 17.4. The molecule has 0 amide bonds. The number of rotatable bonds is 4. The first-order valence-corrected chi connectivity index (χ1v) is 7.40. The summed E-state index contributed by atoms with van der Waals surface area (Å²) in [5, 5.41) is 3.88. The molecule has 0 radical (unpaired) electrons. The Kier molecular flexibility index (Phi) is 4.56. The van der Waals surface area contributed by atoms with E-state index < -0.39 is 11.2 Å². The molecule has 0 spiro atoms. The third-order valence-corrected chi connectivity index (χ3v) is 3.46. The van der Waals surface area contributed by atoms with Crippen molar-refractivity contribution in [2.24, 2.45) is 12.5 Å². The molecule has 8 nitrogen and oxygen atoms in total. The Morgan fingerprint density at radius 3 is 2.57 bits per heavy atom. The SMILES string of the molecule is Cc1c(-c2noc(CN(C)CC(C)(C)C)n2)c(=O)[nH]c(=O)n1C. The minimum Gasteiger partial charge on any atom is -0.338 e. The maximum absolute atomic E-state index is 12.0. The van der Waals surface area contributed by atoms with Gasteiger partial charge in [0, 0.05) is 19.3 Å². The third-order valence-electron chi connectivity index (χ3n) is 3.46. The van der Waals surface area contributed by atoms with Crippen molar-refractivity contribution in [3.63, 3.8) is 0 Å². The lowest BCUT2D eigenvalue weighted by atomic mass is 9.96. The van der Waals surface area contributed by atoms with Crippen LogP contribution in [0.5, 0.6) is 0 Å². The topological polar surface area (TPSA) is 97.0 Å². The van der Waals surface area contributed by atoms with Crippen LogP contribution in [0.1, 0.15) is 32.4 Å². The van der Waals surface area contributed by atoms with E-state index in [4.69, 9.17) is 4.52 Å². The van der Waals surface area contributed by atoms with Crippen LogP contribution in [0.2, 0.25) is 0 Å². The maximum Gasteiger partial charge on any atom is 0.328 e. The molecule has 1 N–H and O–H groups in total. The molecule has 126 valence electrons. The van der Waals surface area contributed by atoms with Crippen molar-refractivity contribution in [1.82, 2.24) is 24.6 Å². The number of aromatic nitrogens is 4. The summed E-state index contributed by atoms with van der Waals surface area (Å²) in [5.74, 6) is 0.623. The average molecular weight is 321 g/mol. The van der Waals surface area contributed by atoms with Gasteiger partial charge in [-0.1, -0.05) is 25.9 Å². The molecule has 0 saturated carbocycles. The van der Waals surface area contributed by atoms with Gasteiger partial charge in [0.2, 0.25) is 11.7 Å². The lowest BCUT2D eigenvalue weighted by Crippen LogP contribution is -2.31. The van der Waals surface area contributed by atoms with Gasteiger partial charge in [-0.25, -0.2) is 4.79 Å². The molecular weight excluding hydrogens is 298 g/mol. The molecule has 2 aromatic heterocycles. The summed E-state index contributed by atoms with van der Waals surface area (Å²) in [4.78, 5) is 32.2. The smallest absolute Gasteiger partial charge is 0.328 e. The van der Waals surface area contributed by atoms with Crippen molar-refractivity contribution < 1.29 is 4.52 Å². The zero-order valence-corrected chi connectivity index (χ0v) is 14.4. The van der Waals surface area contributed by atoms with Crippen molar-refractivity contribution in [3.8, 4) is 11.4 Å². The monoisotopic (exact) mass is 321 g/mol. The molecule has 0 fully saturated rings. The molecule has 23 heavy (non-hydrogen) atoms. The van der Waals surface area contributed by atoms with Gasteiger partial charge in [-0.2, -0.15) is 4.98 Å². The summed E-state index contributed by atoms with van der Waals surface area (Å²) >= 11 is 0. The summed E-state index contributed by atoms with van der Waals surface area (Å²) in [5.41, 5.74) is -0.0798. The molecule has 0 saturated heterocycles.